The molecule has 0 spiro atoms. The number of hydrogen-bond donors (Lipinski definition) is 0. The molecule has 3 rings (SSSR count). The summed E-state index contributed by atoms with van der Waals surface area (Å²) in [7, 11) is 0. The summed E-state index contributed by atoms with van der Waals surface area (Å²) in [6, 6.07) is 1.99. The zero-order chi connectivity index (χ0) is 9.38. The minimum absolute atomic E-state index is 0.989. The van der Waals surface area contributed by atoms with Crippen molar-refractivity contribution >= 4 is 0 Å². The largest absolute Gasteiger partial charge is 0.297 e. The normalized spacial score (nSPS) is 44.1. The van der Waals surface area contributed by atoms with E-state index in [1.54, 1.807) is 0 Å². The van der Waals surface area contributed by atoms with Crippen LogP contribution in [0.2, 0.25) is 0 Å². The van der Waals surface area contributed by atoms with Crippen molar-refractivity contribution in [2.45, 2.75) is 69.9 Å². The standard InChI is InChI=1S/C13H23N/c1-2-9-13-11(5-1)6-3-7-12-8-4-10-14(12)13/h11-13H,1-10H2. The molecule has 2 heterocycles. The summed E-state index contributed by atoms with van der Waals surface area (Å²) >= 11 is 0. The molecule has 1 aliphatic carbocycles. The van der Waals surface area contributed by atoms with Gasteiger partial charge in [0.05, 0.1) is 0 Å². The van der Waals surface area contributed by atoms with Gasteiger partial charge in [-0.05, 0) is 51.0 Å². The second-order valence-corrected chi connectivity index (χ2v) is 5.58. The molecule has 3 unspecified atom stereocenters. The molecule has 0 radical (unpaired) electrons. The van der Waals surface area contributed by atoms with E-state index in [9.17, 15) is 0 Å². The summed E-state index contributed by atoms with van der Waals surface area (Å²) < 4.78 is 0. The van der Waals surface area contributed by atoms with Crippen LogP contribution in [0.1, 0.15) is 57.8 Å². The first kappa shape index (κ1) is 9.21. The average Bonchev–Trinajstić information content (AvgIpc) is 2.61. The Balaban J connectivity index is 1.79. The third-order valence-electron chi connectivity index (χ3n) is 4.83. The van der Waals surface area contributed by atoms with E-state index in [2.05, 4.69) is 4.90 Å². The fourth-order valence-electron chi connectivity index (χ4n) is 4.18. The number of rotatable bonds is 0. The minimum Gasteiger partial charge on any atom is -0.297 e. The maximum absolute atomic E-state index is 2.90. The first-order chi connectivity index (χ1) is 6.95. The van der Waals surface area contributed by atoms with E-state index >= 15 is 0 Å². The maximum Gasteiger partial charge on any atom is 0.0126 e. The molecule has 0 aromatic rings. The van der Waals surface area contributed by atoms with E-state index < -0.39 is 0 Å². The van der Waals surface area contributed by atoms with Gasteiger partial charge in [-0.3, -0.25) is 4.90 Å². The Labute approximate surface area is 87.9 Å². The monoisotopic (exact) mass is 193 g/mol. The predicted molar refractivity (Wildman–Crippen MR) is 59.3 cm³/mol. The van der Waals surface area contributed by atoms with Crippen molar-refractivity contribution in [1.82, 2.24) is 4.90 Å². The van der Waals surface area contributed by atoms with Crippen LogP contribution in [0.15, 0.2) is 0 Å². The van der Waals surface area contributed by atoms with Gasteiger partial charge >= 0.3 is 0 Å². The first-order valence-corrected chi connectivity index (χ1v) is 6.71. The van der Waals surface area contributed by atoms with E-state index in [1.165, 1.54) is 64.3 Å². The first-order valence-electron chi connectivity index (χ1n) is 6.71. The molecule has 1 nitrogen and oxygen atoms in total. The van der Waals surface area contributed by atoms with Crippen LogP contribution in [0.5, 0.6) is 0 Å². The predicted octanol–water partition coefficient (Wildman–Crippen LogP) is 3.19. The third-order valence-corrected chi connectivity index (χ3v) is 4.83. The summed E-state index contributed by atoms with van der Waals surface area (Å²) in [4.78, 5) is 2.90. The molecule has 1 saturated carbocycles. The molecule has 3 aliphatic rings. The fraction of sp³-hybridized carbons (Fsp3) is 1.00. The fourth-order valence-corrected chi connectivity index (χ4v) is 4.18. The Morgan fingerprint density at radius 3 is 2.50 bits per heavy atom. The van der Waals surface area contributed by atoms with Gasteiger partial charge in [0.2, 0.25) is 0 Å². The molecule has 3 fully saturated rings. The molecular formula is C13H23N. The second-order valence-electron chi connectivity index (χ2n) is 5.58. The van der Waals surface area contributed by atoms with Crippen molar-refractivity contribution in [2.24, 2.45) is 5.92 Å². The van der Waals surface area contributed by atoms with Crippen LogP contribution in [-0.4, -0.2) is 23.5 Å². The van der Waals surface area contributed by atoms with Crippen LogP contribution in [0.4, 0.5) is 0 Å². The van der Waals surface area contributed by atoms with E-state index in [1.807, 2.05) is 0 Å². The lowest BCUT2D eigenvalue weighted by Crippen LogP contribution is -2.43. The Morgan fingerprint density at radius 2 is 1.50 bits per heavy atom. The van der Waals surface area contributed by atoms with Gasteiger partial charge in [0.15, 0.2) is 0 Å². The molecule has 0 aromatic heterocycles. The Kier molecular flexibility index (Phi) is 2.53. The molecule has 2 aliphatic heterocycles. The Morgan fingerprint density at radius 1 is 0.714 bits per heavy atom. The van der Waals surface area contributed by atoms with Crippen LogP contribution in [0.3, 0.4) is 0 Å². The summed E-state index contributed by atoms with van der Waals surface area (Å²) in [5.74, 6) is 1.08. The molecule has 0 amide bonds. The van der Waals surface area contributed by atoms with Crippen molar-refractivity contribution in [3.05, 3.63) is 0 Å². The van der Waals surface area contributed by atoms with Crippen LogP contribution in [0.25, 0.3) is 0 Å². The van der Waals surface area contributed by atoms with Crippen LogP contribution >= 0.6 is 0 Å². The summed E-state index contributed by atoms with van der Waals surface area (Å²) in [6.45, 7) is 1.42. The minimum atomic E-state index is 0.989. The van der Waals surface area contributed by atoms with Gasteiger partial charge in [-0.25, -0.2) is 0 Å². The van der Waals surface area contributed by atoms with Gasteiger partial charge in [0.1, 0.15) is 0 Å². The van der Waals surface area contributed by atoms with Gasteiger partial charge in [-0.15, -0.1) is 0 Å². The van der Waals surface area contributed by atoms with E-state index in [0.717, 1.165) is 18.0 Å². The molecule has 14 heavy (non-hydrogen) atoms. The van der Waals surface area contributed by atoms with E-state index in [4.69, 9.17) is 0 Å². The van der Waals surface area contributed by atoms with Crippen molar-refractivity contribution in [3.8, 4) is 0 Å². The lowest BCUT2D eigenvalue weighted by Gasteiger charge is -2.38. The molecule has 0 aromatic carbocycles. The molecule has 0 bridgehead atoms. The molecule has 3 atom stereocenters. The lowest BCUT2D eigenvalue weighted by atomic mass is 9.82. The van der Waals surface area contributed by atoms with E-state index in [-0.39, 0.29) is 0 Å². The van der Waals surface area contributed by atoms with Crippen LogP contribution in [-0.2, 0) is 0 Å². The van der Waals surface area contributed by atoms with E-state index in [0.29, 0.717) is 0 Å². The zero-order valence-electron chi connectivity index (χ0n) is 9.25. The SMILES string of the molecule is C1CCC2C(C1)CCCC1CCCN12. The topological polar surface area (TPSA) is 3.24 Å². The number of nitrogens with zero attached hydrogens (tertiary/aromatic N) is 1. The second kappa shape index (κ2) is 3.84. The Hall–Kier alpha value is -0.0400. The third kappa shape index (κ3) is 1.50. The highest BCUT2D eigenvalue weighted by Gasteiger charge is 2.38. The quantitative estimate of drug-likeness (QED) is 0.571. The molecule has 2 saturated heterocycles. The zero-order valence-corrected chi connectivity index (χ0v) is 9.25. The van der Waals surface area contributed by atoms with Gasteiger partial charge in [-0.2, -0.15) is 0 Å². The van der Waals surface area contributed by atoms with Crippen molar-refractivity contribution in [2.75, 3.05) is 6.54 Å². The molecular weight excluding hydrogens is 170 g/mol. The van der Waals surface area contributed by atoms with Crippen molar-refractivity contribution < 1.29 is 0 Å². The summed E-state index contributed by atoms with van der Waals surface area (Å²) in [5.41, 5.74) is 0. The Bertz CT molecular complexity index is 201. The smallest absolute Gasteiger partial charge is 0.0126 e. The lowest BCUT2D eigenvalue weighted by molar-refractivity contribution is 0.106. The molecule has 0 N–H and O–H groups in total. The van der Waals surface area contributed by atoms with Crippen molar-refractivity contribution in [3.63, 3.8) is 0 Å². The van der Waals surface area contributed by atoms with Gasteiger partial charge in [0, 0.05) is 12.1 Å². The summed E-state index contributed by atoms with van der Waals surface area (Å²) in [5, 5.41) is 0. The highest BCUT2D eigenvalue weighted by Crippen LogP contribution is 2.39. The van der Waals surface area contributed by atoms with Crippen molar-refractivity contribution in [1.29, 1.82) is 0 Å². The van der Waals surface area contributed by atoms with Gasteiger partial charge in [-0.1, -0.05) is 19.3 Å². The van der Waals surface area contributed by atoms with Gasteiger partial charge in [0.25, 0.3) is 0 Å². The number of fused-ring (bicyclic) bond motifs is 3. The van der Waals surface area contributed by atoms with Crippen LogP contribution in [0, 0.1) is 5.92 Å². The molecule has 80 valence electrons. The highest BCUT2D eigenvalue weighted by atomic mass is 15.2. The average molecular weight is 193 g/mol. The number of hydrogen-bond acceptors (Lipinski definition) is 1. The summed E-state index contributed by atoms with van der Waals surface area (Å²) in [6.07, 6.45) is 13.6. The molecule has 1 heteroatoms. The van der Waals surface area contributed by atoms with Crippen LogP contribution < -0.4 is 0 Å². The maximum atomic E-state index is 2.90. The highest BCUT2D eigenvalue weighted by molar-refractivity contribution is 4.92. The van der Waals surface area contributed by atoms with Gasteiger partial charge < -0.3 is 0 Å².